The molecule has 2 aliphatic heterocycles. The highest BCUT2D eigenvalue weighted by Crippen LogP contribution is 2.38. The molecule has 2 nitrogen and oxygen atoms in total. The Morgan fingerprint density at radius 3 is 2.11 bits per heavy atom. The number of benzene rings is 2. The lowest BCUT2D eigenvalue weighted by Crippen LogP contribution is -2.36. The summed E-state index contributed by atoms with van der Waals surface area (Å²) in [5, 5.41) is 7.14. The molecule has 0 spiro atoms. The highest BCUT2D eigenvalue weighted by Gasteiger charge is 2.28. The van der Waals surface area contributed by atoms with Crippen molar-refractivity contribution in [3.05, 3.63) is 64.7 Å². The fraction of sp³-hybridized carbons (Fsp3) is 0.462. The van der Waals surface area contributed by atoms with Crippen LogP contribution in [0.3, 0.4) is 0 Å². The minimum Gasteiger partial charge on any atom is -0.380 e. The summed E-state index contributed by atoms with van der Waals surface area (Å²) >= 11 is 0. The summed E-state index contributed by atoms with van der Waals surface area (Å²) in [7, 11) is 0. The summed E-state index contributed by atoms with van der Waals surface area (Å²) in [6.45, 7) is 17.7. The van der Waals surface area contributed by atoms with E-state index in [4.69, 9.17) is 0 Å². The summed E-state index contributed by atoms with van der Waals surface area (Å²) < 4.78 is 0. The van der Waals surface area contributed by atoms with Gasteiger partial charge in [0.1, 0.15) is 0 Å². The van der Waals surface area contributed by atoms with Crippen molar-refractivity contribution in [2.24, 2.45) is 0 Å². The second-order valence-electron chi connectivity index (χ2n) is 9.93. The average Bonchev–Trinajstić information content (AvgIpc) is 2.52. The first-order chi connectivity index (χ1) is 13.0. The molecule has 2 heteroatoms. The molecule has 150 valence electrons. The predicted molar refractivity (Wildman–Crippen MR) is 124 cm³/mol. The standard InChI is InChI=1S/C13H19N.C13H17N/c2*1-9-5-6-11-10(2)8-13(3,4)14-12(11)7-9/h5-7,10,14H,8H2,1-4H3;5-8,14H,1-4H3. The minimum absolute atomic E-state index is 0.0743. The van der Waals surface area contributed by atoms with Crippen LogP contribution in [0, 0.1) is 13.8 Å². The van der Waals surface area contributed by atoms with Crippen molar-refractivity contribution in [3.63, 3.8) is 0 Å². The Labute approximate surface area is 171 Å². The molecule has 0 radical (unpaired) electrons. The lowest BCUT2D eigenvalue weighted by atomic mass is 9.82. The fourth-order valence-corrected chi connectivity index (χ4v) is 4.61. The van der Waals surface area contributed by atoms with Gasteiger partial charge < -0.3 is 10.6 Å². The normalized spacial score (nSPS) is 21.0. The Morgan fingerprint density at radius 2 is 1.43 bits per heavy atom. The summed E-state index contributed by atoms with van der Waals surface area (Å²) in [4.78, 5) is 0. The number of aryl methyl sites for hydroxylation is 2. The van der Waals surface area contributed by atoms with E-state index in [1.54, 1.807) is 0 Å². The van der Waals surface area contributed by atoms with Crippen molar-refractivity contribution in [2.75, 3.05) is 10.6 Å². The van der Waals surface area contributed by atoms with Crippen LogP contribution < -0.4 is 10.6 Å². The zero-order valence-corrected chi connectivity index (χ0v) is 18.8. The van der Waals surface area contributed by atoms with Gasteiger partial charge in [0.25, 0.3) is 0 Å². The van der Waals surface area contributed by atoms with Crippen molar-refractivity contribution in [3.8, 4) is 0 Å². The topological polar surface area (TPSA) is 24.1 Å². The van der Waals surface area contributed by atoms with E-state index in [1.165, 1.54) is 45.6 Å². The molecule has 2 aliphatic rings. The summed E-state index contributed by atoms with van der Waals surface area (Å²) in [6.07, 6.45) is 3.49. The maximum atomic E-state index is 3.61. The van der Waals surface area contributed by atoms with Crippen molar-refractivity contribution >= 4 is 16.9 Å². The van der Waals surface area contributed by atoms with Gasteiger partial charge in [0, 0.05) is 22.5 Å². The smallest absolute Gasteiger partial charge is 0.0505 e. The van der Waals surface area contributed by atoms with Crippen molar-refractivity contribution in [1.29, 1.82) is 0 Å². The van der Waals surface area contributed by atoms with Crippen LogP contribution in [-0.4, -0.2) is 11.1 Å². The van der Waals surface area contributed by atoms with Crippen LogP contribution in [0.5, 0.6) is 0 Å². The second kappa shape index (κ2) is 7.31. The van der Waals surface area contributed by atoms with Crippen LogP contribution in [0.2, 0.25) is 0 Å². The van der Waals surface area contributed by atoms with Crippen LogP contribution in [-0.2, 0) is 0 Å². The predicted octanol–water partition coefficient (Wildman–Crippen LogP) is 7.30. The Morgan fingerprint density at radius 1 is 0.821 bits per heavy atom. The minimum atomic E-state index is 0.0743. The highest BCUT2D eigenvalue weighted by molar-refractivity contribution is 5.80. The van der Waals surface area contributed by atoms with Gasteiger partial charge in [0.05, 0.1) is 5.54 Å². The lowest BCUT2D eigenvalue weighted by molar-refractivity contribution is 0.454. The van der Waals surface area contributed by atoms with E-state index in [1.807, 2.05) is 0 Å². The van der Waals surface area contributed by atoms with Gasteiger partial charge in [-0.2, -0.15) is 0 Å². The van der Waals surface area contributed by atoms with Crippen LogP contribution in [0.4, 0.5) is 11.4 Å². The quantitative estimate of drug-likeness (QED) is 0.504. The average molecular weight is 377 g/mol. The van der Waals surface area contributed by atoms with Crippen molar-refractivity contribution < 1.29 is 0 Å². The number of hydrogen-bond acceptors (Lipinski definition) is 2. The van der Waals surface area contributed by atoms with Crippen LogP contribution in [0.1, 0.15) is 76.1 Å². The third-order valence-electron chi connectivity index (χ3n) is 5.66. The molecule has 2 aromatic rings. The van der Waals surface area contributed by atoms with Gasteiger partial charge in [-0.15, -0.1) is 0 Å². The molecule has 0 bridgehead atoms. The van der Waals surface area contributed by atoms with E-state index in [2.05, 4.69) is 108 Å². The van der Waals surface area contributed by atoms with E-state index in [0.29, 0.717) is 5.92 Å². The number of rotatable bonds is 0. The molecule has 1 unspecified atom stereocenters. The molecule has 0 amide bonds. The first kappa shape index (κ1) is 20.5. The van der Waals surface area contributed by atoms with Gasteiger partial charge in [-0.25, -0.2) is 0 Å². The molecule has 0 aliphatic carbocycles. The van der Waals surface area contributed by atoms with Crippen LogP contribution in [0.15, 0.2) is 42.5 Å². The SMILES string of the molecule is CC1=CC(C)(C)Nc2cc(C)ccc21.Cc1ccc2c(c1)NC(C)(C)CC2C. The fourth-order valence-electron chi connectivity index (χ4n) is 4.61. The molecule has 1 atom stereocenters. The number of hydrogen-bond donors (Lipinski definition) is 2. The van der Waals surface area contributed by atoms with Crippen LogP contribution in [0.25, 0.3) is 5.57 Å². The molecule has 2 aromatic carbocycles. The zero-order chi connectivity index (χ0) is 20.7. The summed E-state index contributed by atoms with van der Waals surface area (Å²) in [5.74, 6) is 0.668. The summed E-state index contributed by atoms with van der Waals surface area (Å²) in [5.41, 5.74) is 9.70. The Bertz CT molecular complexity index is 903. The van der Waals surface area contributed by atoms with Crippen LogP contribution >= 0.6 is 0 Å². The molecule has 4 rings (SSSR count). The Balaban J connectivity index is 0.000000161. The molecule has 0 aromatic heterocycles. The van der Waals surface area contributed by atoms with Gasteiger partial charge in [-0.3, -0.25) is 0 Å². The lowest BCUT2D eigenvalue weighted by Gasteiger charge is -2.37. The Hall–Kier alpha value is -2.22. The third kappa shape index (κ3) is 4.60. The molecular weight excluding hydrogens is 340 g/mol. The molecule has 28 heavy (non-hydrogen) atoms. The Kier molecular flexibility index (Phi) is 5.36. The van der Waals surface area contributed by atoms with E-state index >= 15 is 0 Å². The second-order valence-corrected chi connectivity index (χ2v) is 9.93. The number of fused-ring (bicyclic) bond motifs is 2. The third-order valence-corrected chi connectivity index (χ3v) is 5.66. The largest absolute Gasteiger partial charge is 0.380 e. The molecule has 0 saturated carbocycles. The molecule has 2 N–H and O–H groups in total. The van der Waals surface area contributed by atoms with Crippen molar-refractivity contribution in [2.45, 2.75) is 78.8 Å². The van der Waals surface area contributed by atoms with E-state index < -0.39 is 0 Å². The molecule has 0 saturated heterocycles. The highest BCUT2D eigenvalue weighted by atomic mass is 15.0. The van der Waals surface area contributed by atoms with Gasteiger partial charge in [-0.1, -0.05) is 37.3 Å². The molecule has 2 heterocycles. The van der Waals surface area contributed by atoms with Gasteiger partial charge in [-0.05, 0) is 95.2 Å². The summed E-state index contributed by atoms with van der Waals surface area (Å²) in [6, 6.07) is 13.3. The maximum absolute atomic E-state index is 3.61. The van der Waals surface area contributed by atoms with E-state index in [0.717, 1.165) is 0 Å². The maximum Gasteiger partial charge on any atom is 0.0505 e. The van der Waals surface area contributed by atoms with Gasteiger partial charge >= 0.3 is 0 Å². The molecule has 0 fully saturated rings. The van der Waals surface area contributed by atoms with E-state index in [9.17, 15) is 0 Å². The number of anilines is 2. The first-order valence-electron chi connectivity index (χ1n) is 10.4. The van der Waals surface area contributed by atoms with Gasteiger partial charge in [0.2, 0.25) is 0 Å². The number of allylic oxidation sites excluding steroid dienone is 1. The molecular formula is C26H36N2. The van der Waals surface area contributed by atoms with E-state index in [-0.39, 0.29) is 11.1 Å². The number of nitrogens with one attached hydrogen (secondary N) is 2. The first-order valence-corrected chi connectivity index (χ1v) is 10.4. The monoisotopic (exact) mass is 376 g/mol. The van der Waals surface area contributed by atoms with Crippen molar-refractivity contribution in [1.82, 2.24) is 0 Å². The zero-order valence-electron chi connectivity index (χ0n) is 18.8. The van der Waals surface area contributed by atoms with Gasteiger partial charge in [0.15, 0.2) is 0 Å².